The van der Waals surface area contributed by atoms with E-state index in [1.807, 2.05) is 18.2 Å². The molecule has 2 aromatic rings. The summed E-state index contributed by atoms with van der Waals surface area (Å²) in [5.41, 5.74) is 2.18. The standard InChI is InChI=1S/C25H30N2O4/c1-16-3-7-20(8-4-16)26-25(29)19-13-18-14-21(9-12-23(18)31-15-19)27-24(28)17-5-10-22(30-2)11-6-17/h5-6,9-12,14,16,19-20H,3-4,7-8,13,15H2,1-2H3,(H,26,29)(H,27,28)/t16?,19-,20?/m1/s1. The maximum absolute atomic E-state index is 12.8. The van der Waals surface area contributed by atoms with Gasteiger partial charge in [0, 0.05) is 17.3 Å². The molecule has 6 nitrogen and oxygen atoms in total. The Hall–Kier alpha value is -3.02. The van der Waals surface area contributed by atoms with Gasteiger partial charge in [0.15, 0.2) is 0 Å². The molecule has 1 aliphatic heterocycles. The van der Waals surface area contributed by atoms with Crippen LogP contribution in [0.2, 0.25) is 0 Å². The van der Waals surface area contributed by atoms with Gasteiger partial charge < -0.3 is 20.1 Å². The second-order valence-corrected chi connectivity index (χ2v) is 8.68. The van der Waals surface area contributed by atoms with Gasteiger partial charge >= 0.3 is 0 Å². The van der Waals surface area contributed by atoms with E-state index in [1.165, 1.54) is 12.8 Å². The first kappa shape index (κ1) is 21.2. The number of fused-ring (bicyclic) bond motifs is 1. The molecule has 2 aliphatic rings. The molecule has 2 N–H and O–H groups in total. The highest BCUT2D eigenvalue weighted by Crippen LogP contribution is 2.31. The minimum atomic E-state index is -0.209. The molecule has 164 valence electrons. The summed E-state index contributed by atoms with van der Waals surface area (Å²) in [5, 5.41) is 6.14. The third kappa shape index (κ3) is 5.19. The first-order valence-corrected chi connectivity index (χ1v) is 11.0. The molecule has 4 rings (SSSR count). The Bertz CT molecular complexity index is 933. The van der Waals surface area contributed by atoms with Crippen molar-refractivity contribution in [3.63, 3.8) is 0 Å². The van der Waals surface area contributed by atoms with Crippen LogP contribution in [0.3, 0.4) is 0 Å². The summed E-state index contributed by atoms with van der Waals surface area (Å²) >= 11 is 0. The molecule has 2 aromatic carbocycles. The monoisotopic (exact) mass is 422 g/mol. The van der Waals surface area contributed by atoms with Gasteiger partial charge in [0.05, 0.1) is 13.0 Å². The number of anilines is 1. The molecule has 0 radical (unpaired) electrons. The highest BCUT2D eigenvalue weighted by atomic mass is 16.5. The van der Waals surface area contributed by atoms with Crippen molar-refractivity contribution in [2.45, 2.75) is 45.1 Å². The average molecular weight is 423 g/mol. The van der Waals surface area contributed by atoms with E-state index in [1.54, 1.807) is 31.4 Å². The molecule has 1 aliphatic carbocycles. The summed E-state index contributed by atoms with van der Waals surface area (Å²) < 4.78 is 11.0. The molecular formula is C25H30N2O4. The minimum absolute atomic E-state index is 0.0675. The summed E-state index contributed by atoms with van der Waals surface area (Å²) in [6, 6.07) is 12.8. The molecule has 6 heteroatoms. The molecule has 1 atom stereocenters. The quantitative estimate of drug-likeness (QED) is 0.757. The Morgan fingerprint density at radius 1 is 1.03 bits per heavy atom. The van der Waals surface area contributed by atoms with Crippen molar-refractivity contribution in [2.24, 2.45) is 11.8 Å². The van der Waals surface area contributed by atoms with E-state index in [2.05, 4.69) is 17.6 Å². The van der Waals surface area contributed by atoms with Crippen molar-refractivity contribution in [1.29, 1.82) is 0 Å². The SMILES string of the molecule is COc1ccc(C(=O)Nc2ccc3c(c2)C[C@@H](C(=O)NC2CCC(C)CC2)CO3)cc1. The van der Waals surface area contributed by atoms with Crippen LogP contribution >= 0.6 is 0 Å². The number of hydrogen-bond donors (Lipinski definition) is 2. The van der Waals surface area contributed by atoms with Gasteiger partial charge in [-0.1, -0.05) is 6.92 Å². The van der Waals surface area contributed by atoms with Gasteiger partial charge in [-0.15, -0.1) is 0 Å². The number of hydrogen-bond acceptors (Lipinski definition) is 4. The third-order valence-electron chi connectivity index (χ3n) is 6.31. The topological polar surface area (TPSA) is 76.7 Å². The first-order chi connectivity index (χ1) is 15.0. The maximum atomic E-state index is 12.8. The zero-order valence-electron chi connectivity index (χ0n) is 18.1. The van der Waals surface area contributed by atoms with E-state index in [0.717, 1.165) is 30.1 Å². The fraction of sp³-hybridized carbons (Fsp3) is 0.440. The van der Waals surface area contributed by atoms with Crippen molar-refractivity contribution in [3.05, 3.63) is 53.6 Å². The van der Waals surface area contributed by atoms with Crippen molar-refractivity contribution in [3.8, 4) is 11.5 Å². The second-order valence-electron chi connectivity index (χ2n) is 8.68. The Morgan fingerprint density at radius 2 is 1.77 bits per heavy atom. The highest BCUT2D eigenvalue weighted by molar-refractivity contribution is 6.04. The molecule has 2 amide bonds. The zero-order chi connectivity index (χ0) is 21.8. The zero-order valence-corrected chi connectivity index (χ0v) is 18.1. The predicted molar refractivity (Wildman–Crippen MR) is 120 cm³/mol. The third-order valence-corrected chi connectivity index (χ3v) is 6.31. The average Bonchev–Trinajstić information content (AvgIpc) is 2.80. The van der Waals surface area contributed by atoms with Crippen LogP contribution in [0.15, 0.2) is 42.5 Å². The molecule has 0 unspecified atom stereocenters. The van der Waals surface area contributed by atoms with Crippen LogP contribution < -0.4 is 20.1 Å². The normalized spacial score (nSPS) is 22.6. The molecule has 0 aromatic heterocycles. The number of rotatable bonds is 5. The van der Waals surface area contributed by atoms with Crippen LogP contribution in [0.25, 0.3) is 0 Å². The van der Waals surface area contributed by atoms with E-state index < -0.39 is 0 Å². The number of carbonyl (C=O) groups is 2. The van der Waals surface area contributed by atoms with Crippen LogP contribution in [0.1, 0.15) is 48.5 Å². The van der Waals surface area contributed by atoms with Crippen molar-refractivity contribution in [2.75, 3.05) is 19.0 Å². The summed E-state index contributed by atoms with van der Waals surface area (Å²) in [4.78, 5) is 25.3. The van der Waals surface area contributed by atoms with Gasteiger partial charge in [-0.25, -0.2) is 0 Å². The van der Waals surface area contributed by atoms with E-state index in [-0.39, 0.29) is 23.8 Å². The molecule has 0 bridgehead atoms. The molecule has 0 spiro atoms. The number of nitrogens with one attached hydrogen (secondary N) is 2. The summed E-state index contributed by atoms with van der Waals surface area (Å²) in [7, 11) is 1.59. The molecule has 0 saturated heterocycles. The van der Waals surface area contributed by atoms with Crippen molar-refractivity contribution < 1.29 is 19.1 Å². The van der Waals surface area contributed by atoms with Crippen LogP contribution in [-0.4, -0.2) is 31.6 Å². The van der Waals surface area contributed by atoms with E-state index in [4.69, 9.17) is 9.47 Å². The fourth-order valence-corrected chi connectivity index (χ4v) is 4.31. The number of carbonyl (C=O) groups excluding carboxylic acids is 2. The lowest BCUT2D eigenvalue weighted by Gasteiger charge is -2.30. The summed E-state index contributed by atoms with van der Waals surface area (Å²) in [6.45, 7) is 2.66. The molecular weight excluding hydrogens is 392 g/mol. The lowest BCUT2D eigenvalue weighted by Crippen LogP contribution is -2.43. The number of methoxy groups -OCH3 is 1. The van der Waals surface area contributed by atoms with Crippen LogP contribution in [0, 0.1) is 11.8 Å². The lowest BCUT2D eigenvalue weighted by molar-refractivity contribution is -0.127. The smallest absolute Gasteiger partial charge is 0.255 e. The van der Waals surface area contributed by atoms with Crippen LogP contribution in [0.4, 0.5) is 5.69 Å². The van der Waals surface area contributed by atoms with Gasteiger partial charge in [-0.2, -0.15) is 0 Å². The molecule has 1 saturated carbocycles. The van der Waals surface area contributed by atoms with E-state index >= 15 is 0 Å². The highest BCUT2D eigenvalue weighted by Gasteiger charge is 2.29. The largest absolute Gasteiger partial charge is 0.497 e. The number of benzene rings is 2. The van der Waals surface area contributed by atoms with Gasteiger partial charge in [0.2, 0.25) is 5.91 Å². The maximum Gasteiger partial charge on any atom is 0.255 e. The Balaban J connectivity index is 1.38. The van der Waals surface area contributed by atoms with Gasteiger partial charge in [-0.3, -0.25) is 9.59 Å². The van der Waals surface area contributed by atoms with Gasteiger partial charge in [0.1, 0.15) is 18.1 Å². The first-order valence-electron chi connectivity index (χ1n) is 11.0. The number of amides is 2. The Labute approximate surface area is 183 Å². The van der Waals surface area contributed by atoms with Crippen molar-refractivity contribution >= 4 is 17.5 Å². The van der Waals surface area contributed by atoms with Gasteiger partial charge in [0.25, 0.3) is 5.91 Å². The van der Waals surface area contributed by atoms with Crippen LogP contribution in [0.5, 0.6) is 11.5 Å². The Morgan fingerprint density at radius 3 is 2.48 bits per heavy atom. The molecule has 1 heterocycles. The Kier molecular flexibility index (Phi) is 6.44. The second kappa shape index (κ2) is 9.41. The lowest BCUT2D eigenvalue weighted by atomic mass is 9.87. The van der Waals surface area contributed by atoms with E-state index in [9.17, 15) is 9.59 Å². The van der Waals surface area contributed by atoms with Crippen molar-refractivity contribution in [1.82, 2.24) is 5.32 Å². The van der Waals surface area contributed by atoms with Crippen LogP contribution in [-0.2, 0) is 11.2 Å². The molecule has 1 fully saturated rings. The predicted octanol–water partition coefficient (Wildman–Crippen LogP) is 4.19. The fourth-order valence-electron chi connectivity index (χ4n) is 4.31. The minimum Gasteiger partial charge on any atom is -0.497 e. The van der Waals surface area contributed by atoms with E-state index in [0.29, 0.717) is 30.0 Å². The summed E-state index contributed by atoms with van der Waals surface area (Å²) in [5.74, 6) is 1.90. The number of ether oxygens (including phenoxy) is 2. The summed E-state index contributed by atoms with van der Waals surface area (Å²) in [6.07, 6.45) is 5.06. The molecule has 31 heavy (non-hydrogen) atoms. The van der Waals surface area contributed by atoms with Gasteiger partial charge in [-0.05, 0) is 86.1 Å².